The predicted octanol–water partition coefficient (Wildman–Crippen LogP) is 20.9. The van der Waals surface area contributed by atoms with Gasteiger partial charge >= 0.3 is 0 Å². The Morgan fingerprint density at radius 2 is 0.851 bits per heavy atom. The van der Waals surface area contributed by atoms with Crippen molar-refractivity contribution in [3.05, 3.63) is 116 Å². The number of hydrogen-bond donors (Lipinski definition) is 2. The first-order valence-corrected chi connectivity index (χ1v) is 29.4. The van der Waals surface area contributed by atoms with Gasteiger partial charge in [-0.05, 0) is 181 Å². The molecule has 0 amide bonds. The molecular formula is C70H94N4. The summed E-state index contributed by atoms with van der Waals surface area (Å²) in [5.41, 5.74) is 28.0. The van der Waals surface area contributed by atoms with E-state index in [0.29, 0.717) is 0 Å². The van der Waals surface area contributed by atoms with Gasteiger partial charge < -0.3 is 9.97 Å². The third-order valence-corrected chi connectivity index (χ3v) is 16.5. The number of nitrogens with zero attached hydrogens (tertiary/aromatic N) is 2. The molecule has 0 saturated heterocycles. The minimum absolute atomic E-state index is 0.0461. The van der Waals surface area contributed by atoms with E-state index in [1.165, 1.54) is 166 Å². The average Bonchev–Trinajstić information content (AvgIpc) is 4.05. The number of fused-ring (bicyclic) bond motifs is 8. The highest BCUT2D eigenvalue weighted by atomic mass is 14.8. The summed E-state index contributed by atoms with van der Waals surface area (Å²) in [6, 6.07) is 21.0. The Morgan fingerprint density at radius 1 is 0.459 bits per heavy atom. The first-order valence-electron chi connectivity index (χ1n) is 29.4. The van der Waals surface area contributed by atoms with Crippen molar-refractivity contribution in [3.63, 3.8) is 0 Å². The molecule has 5 aromatic rings. The Morgan fingerprint density at radius 3 is 1.22 bits per heavy atom. The molecule has 2 N–H and O–H groups in total. The van der Waals surface area contributed by atoms with Crippen LogP contribution in [0.2, 0.25) is 0 Å². The summed E-state index contributed by atoms with van der Waals surface area (Å²) in [6.45, 7) is 32.9. The fraction of sp³-hybridized carbons (Fsp3) is 0.514. The van der Waals surface area contributed by atoms with Gasteiger partial charge in [0.15, 0.2) is 0 Å². The van der Waals surface area contributed by atoms with Gasteiger partial charge in [0.25, 0.3) is 0 Å². The van der Waals surface area contributed by atoms with Gasteiger partial charge in [-0.15, -0.1) is 6.42 Å². The second-order valence-corrected chi connectivity index (χ2v) is 24.2. The number of benzene rings is 2. The second-order valence-electron chi connectivity index (χ2n) is 24.2. The lowest BCUT2D eigenvalue weighted by Crippen LogP contribution is -2.16. The number of terminal acetylenes is 1. The number of H-pyrrole nitrogens is 2. The van der Waals surface area contributed by atoms with E-state index in [1.54, 1.807) is 0 Å². The quantitative estimate of drug-likeness (QED) is 0.0536. The number of unbranched alkanes of at least 4 members (excludes halogenated alkanes) is 12. The Kier molecular flexibility index (Phi) is 19.0. The number of allylic oxidation sites excluding steroid dienone is 4. The molecule has 0 saturated carbocycles. The van der Waals surface area contributed by atoms with Crippen molar-refractivity contribution in [1.82, 2.24) is 19.9 Å². The molecule has 4 heteroatoms. The monoisotopic (exact) mass is 991 g/mol. The molecule has 0 radical (unpaired) electrons. The van der Waals surface area contributed by atoms with Crippen molar-refractivity contribution in [1.29, 1.82) is 0 Å². The fourth-order valence-corrected chi connectivity index (χ4v) is 11.6. The minimum atomic E-state index is -0.0461. The molecule has 74 heavy (non-hydrogen) atoms. The smallest absolute Gasteiger partial charge is 0.0769 e. The Bertz CT molecular complexity index is 2870. The topological polar surface area (TPSA) is 57.4 Å². The van der Waals surface area contributed by atoms with E-state index in [-0.39, 0.29) is 10.8 Å². The van der Waals surface area contributed by atoms with E-state index in [1.807, 2.05) is 0 Å². The van der Waals surface area contributed by atoms with Crippen LogP contribution in [-0.2, 0) is 23.7 Å². The molecule has 3 aromatic heterocycles. The molecule has 2 aliphatic rings. The Labute approximate surface area is 449 Å². The van der Waals surface area contributed by atoms with Crippen LogP contribution in [0.4, 0.5) is 0 Å². The number of aromatic nitrogens is 4. The maximum Gasteiger partial charge on any atom is 0.0769 e. The molecule has 4 nitrogen and oxygen atoms in total. The standard InChI is InChI=1S/C70H94N4/c1-16-21-25-29-33-55-46(6)65-63(51-39-37-50(20-5)38-40-51)66-47(7)56(34-30-26-22-17-2)60(72-66)45-62-58(36-32-28-24-19-4)49(9)68(74-62)64(52-41-53(69(10,11)12)43-54(42-52)70(13,14)15)67-48(8)57(35-31-27-23-18-3)61(73-67)44-59(55)71-65/h5,37-45,73-74H,16-19,21-36H2,1-4,6-15H3. The van der Waals surface area contributed by atoms with Gasteiger partial charge in [-0.1, -0.05) is 183 Å². The van der Waals surface area contributed by atoms with Gasteiger partial charge in [-0.2, -0.15) is 0 Å². The molecule has 0 spiro atoms. The molecule has 0 aliphatic carbocycles. The summed E-state index contributed by atoms with van der Waals surface area (Å²) in [6.07, 6.45) is 29.2. The van der Waals surface area contributed by atoms with Crippen LogP contribution in [0.15, 0.2) is 54.6 Å². The van der Waals surface area contributed by atoms with Crippen LogP contribution in [0.5, 0.6) is 0 Å². The van der Waals surface area contributed by atoms with E-state index >= 15 is 0 Å². The van der Waals surface area contributed by atoms with Gasteiger partial charge in [0, 0.05) is 27.7 Å². The van der Waals surface area contributed by atoms with Gasteiger partial charge in [0.1, 0.15) is 0 Å². The van der Waals surface area contributed by atoms with Crippen LogP contribution in [0, 0.1) is 26.2 Å². The van der Waals surface area contributed by atoms with Crippen LogP contribution >= 0.6 is 0 Å². The summed E-state index contributed by atoms with van der Waals surface area (Å²) in [5, 5.41) is 0. The first kappa shape index (κ1) is 56.3. The minimum Gasteiger partial charge on any atom is -0.354 e. The Balaban J connectivity index is 1.75. The number of aromatic amines is 2. The predicted molar refractivity (Wildman–Crippen MR) is 325 cm³/mol. The molecule has 2 aliphatic heterocycles. The summed E-state index contributed by atoms with van der Waals surface area (Å²) in [5.74, 6) is 2.88. The van der Waals surface area contributed by atoms with Crippen molar-refractivity contribution >= 4 is 44.4 Å². The van der Waals surface area contributed by atoms with E-state index in [2.05, 4.69) is 167 Å². The lowest BCUT2D eigenvalue weighted by molar-refractivity contribution is 0.569. The Hall–Kier alpha value is -5.40. The maximum absolute atomic E-state index is 6.00. The fourth-order valence-electron chi connectivity index (χ4n) is 11.6. The van der Waals surface area contributed by atoms with Crippen LogP contribution in [0.25, 0.3) is 66.6 Å². The largest absolute Gasteiger partial charge is 0.354 e. The molecule has 8 bridgehead atoms. The summed E-state index contributed by atoms with van der Waals surface area (Å²) in [7, 11) is 0. The lowest BCUT2D eigenvalue weighted by Gasteiger charge is -2.26. The van der Waals surface area contributed by atoms with Gasteiger partial charge in [-0.3, -0.25) is 0 Å². The molecule has 394 valence electrons. The van der Waals surface area contributed by atoms with Crippen molar-refractivity contribution in [2.75, 3.05) is 0 Å². The number of hydrogen-bond acceptors (Lipinski definition) is 2. The van der Waals surface area contributed by atoms with E-state index in [4.69, 9.17) is 16.4 Å². The van der Waals surface area contributed by atoms with Gasteiger partial charge in [0.2, 0.25) is 0 Å². The van der Waals surface area contributed by atoms with Crippen LogP contribution in [-0.4, -0.2) is 19.9 Å². The summed E-state index contributed by atoms with van der Waals surface area (Å²) >= 11 is 0. The molecule has 7 rings (SSSR count). The second kappa shape index (κ2) is 25.0. The van der Waals surface area contributed by atoms with Crippen molar-refractivity contribution in [2.24, 2.45) is 0 Å². The normalized spacial score (nSPS) is 13.1. The third-order valence-electron chi connectivity index (χ3n) is 16.5. The number of nitrogens with one attached hydrogen (secondary N) is 2. The highest BCUT2D eigenvalue weighted by Gasteiger charge is 2.29. The summed E-state index contributed by atoms with van der Waals surface area (Å²) in [4.78, 5) is 20.3. The van der Waals surface area contributed by atoms with Crippen molar-refractivity contribution in [2.45, 2.75) is 236 Å². The van der Waals surface area contributed by atoms with E-state index in [9.17, 15) is 0 Å². The first-order chi connectivity index (χ1) is 35.4. The van der Waals surface area contributed by atoms with Crippen LogP contribution in [0.3, 0.4) is 0 Å². The zero-order valence-corrected chi connectivity index (χ0v) is 48.8. The molecule has 2 aromatic carbocycles. The molecule has 0 fully saturated rings. The zero-order valence-electron chi connectivity index (χ0n) is 48.8. The van der Waals surface area contributed by atoms with Crippen LogP contribution < -0.4 is 0 Å². The molecule has 5 heterocycles. The SMILES string of the molecule is C#Cc1ccc(-c2c3nc(cc4[nH]c(c(C)c4CCCCCC)c(-c4cc(C(C)(C)C)cc(C(C)(C)C)c4)c4[nH]c(cc5nc2C(C)=C5CCCCCC)c(CCCCCC)c4C)C(CCCCCC)=C3C)cc1. The van der Waals surface area contributed by atoms with Crippen molar-refractivity contribution in [3.8, 4) is 34.6 Å². The van der Waals surface area contributed by atoms with E-state index in [0.717, 1.165) is 90.8 Å². The van der Waals surface area contributed by atoms with Gasteiger partial charge in [-0.25, -0.2) is 9.97 Å². The summed E-state index contributed by atoms with van der Waals surface area (Å²) < 4.78 is 0. The highest BCUT2D eigenvalue weighted by Crippen LogP contribution is 2.46. The lowest BCUT2D eigenvalue weighted by atomic mass is 9.78. The molecule has 0 unspecified atom stereocenters. The van der Waals surface area contributed by atoms with Gasteiger partial charge in [0.05, 0.1) is 33.8 Å². The maximum atomic E-state index is 6.00. The number of aryl methyl sites for hydroxylation is 4. The number of rotatable bonds is 22. The average molecular weight is 992 g/mol. The zero-order chi connectivity index (χ0) is 53.3. The molecule has 0 atom stereocenters. The van der Waals surface area contributed by atoms with Crippen molar-refractivity contribution < 1.29 is 0 Å². The molecular weight excluding hydrogens is 897 g/mol. The third kappa shape index (κ3) is 12.6. The highest BCUT2D eigenvalue weighted by molar-refractivity contribution is 6.03. The van der Waals surface area contributed by atoms with E-state index < -0.39 is 0 Å². The van der Waals surface area contributed by atoms with Crippen LogP contribution in [0.1, 0.15) is 260 Å².